The predicted octanol–water partition coefficient (Wildman–Crippen LogP) is 4.57. The smallest absolute Gasteiger partial charge is 0.238 e. The summed E-state index contributed by atoms with van der Waals surface area (Å²) in [4.78, 5) is 13.2. The first-order valence-electron chi connectivity index (χ1n) is 8.40. The second-order valence-electron chi connectivity index (χ2n) is 6.33. The predicted molar refractivity (Wildman–Crippen MR) is 110 cm³/mol. The molecule has 4 rings (SSSR count). The van der Waals surface area contributed by atoms with Gasteiger partial charge in [0.25, 0.3) is 0 Å². The molecule has 0 unspecified atom stereocenters. The van der Waals surface area contributed by atoms with Gasteiger partial charge in [-0.15, -0.1) is 0 Å². The molecule has 0 spiro atoms. The topological polar surface area (TPSA) is 90.4 Å². The Bertz CT molecular complexity index is 1410. The summed E-state index contributed by atoms with van der Waals surface area (Å²) in [6, 6.07) is 16.3. The van der Waals surface area contributed by atoms with Gasteiger partial charge in [-0.25, -0.2) is 17.9 Å². The summed E-state index contributed by atoms with van der Waals surface area (Å²) in [5.41, 5.74) is 1.06. The molecule has 1 aromatic heterocycles. The number of halogens is 2. The summed E-state index contributed by atoms with van der Waals surface area (Å²) in [6.07, 6.45) is 0. The summed E-state index contributed by atoms with van der Waals surface area (Å²) in [7, 11) is -3.87. The van der Waals surface area contributed by atoms with Crippen molar-refractivity contribution in [2.75, 3.05) is 0 Å². The van der Waals surface area contributed by atoms with Crippen molar-refractivity contribution >= 4 is 32.6 Å². The van der Waals surface area contributed by atoms with Gasteiger partial charge in [-0.2, -0.15) is 0 Å². The Labute approximate surface area is 170 Å². The number of sulfonamides is 1. The highest BCUT2D eigenvalue weighted by atomic mass is 35.5. The van der Waals surface area contributed by atoms with E-state index in [9.17, 15) is 17.6 Å². The van der Waals surface area contributed by atoms with E-state index in [2.05, 4.69) is 0 Å². The second kappa shape index (κ2) is 7.11. The van der Waals surface area contributed by atoms with Crippen LogP contribution in [0.5, 0.6) is 0 Å². The maximum atomic E-state index is 13.6. The van der Waals surface area contributed by atoms with Crippen molar-refractivity contribution in [1.29, 1.82) is 0 Å². The first kappa shape index (κ1) is 19.3. The van der Waals surface area contributed by atoms with Gasteiger partial charge in [0, 0.05) is 5.56 Å². The van der Waals surface area contributed by atoms with E-state index in [0.29, 0.717) is 22.1 Å². The lowest BCUT2D eigenvalue weighted by molar-refractivity contribution is 0.597. The first-order valence-corrected chi connectivity index (χ1v) is 10.3. The quantitative estimate of drug-likeness (QED) is 0.516. The number of primary sulfonamides is 1. The number of hydrogen-bond acceptors (Lipinski definition) is 4. The zero-order valence-corrected chi connectivity index (χ0v) is 16.3. The van der Waals surface area contributed by atoms with Crippen LogP contribution in [0.4, 0.5) is 4.39 Å². The van der Waals surface area contributed by atoms with Crippen molar-refractivity contribution in [2.45, 2.75) is 4.90 Å². The molecule has 8 heteroatoms. The normalized spacial score (nSPS) is 11.7. The van der Waals surface area contributed by atoms with Crippen LogP contribution in [0.3, 0.4) is 0 Å². The molecule has 0 fully saturated rings. The van der Waals surface area contributed by atoms with Crippen LogP contribution in [0.25, 0.3) is 33.4 Å². The lowest BCUT2D eigenvalue weighted by atomic mass is 9.98. The average molecular weight is 430 g/mol. The first-order chi connectivity index (χ1) is 13.8. The Balaban J connectivity index is 2.04. The molecule has 1 heterocycles. The molecule has 5 nitrogen and oxygen atoms in total. The standard InChI is InChI=1S/C21H13ClFNO4S/c22-16-11-13(7-10-17(16)23)19-20(25)15-3-1-2-4-18(15)28-21(19)12-5-8-14(9-6-12)29(24,26)27/h1-11H,(H2,24,26,27). The van der Waals surface area contributed by atoms with Gasteiger partial charge < -0.3 is 4.42 Å². The van der Waals surface area contributed by atoms with Gasteiger partial charge in [0.2, 0.25) is 15.5 Å². The summed E-state index contributed by atoms with van der Waals surface area (Å²) < 4.78 is 42.7. The Hall–Kier alpha value is -3.00. The molecule has 0 aliphatic rings. The number of benzene rings is 3. The largest absolute Gasteiger partial charge is 0.455 e. The van der Waals surface area contributed by atoms with E-state index >= 15 is 0 Å². The average Bonchev–Trinajstić information content (AvgIpc) is 2.70. The van der Waals surface area contributed by atoms with E-state index in [-0.39, 0.29) is 26.7 Å². The van der Waals surface area contributed by atoms with Crippen molar-refractivity contribution in [3.63, 3.8) is 0 Å². The third kappa shape index (κ3) is 3.55. The van der Waals surface area contributed by atoms with Crippen molar-refractivity contribution in [1.82, 2.24) is 0 Å². The highest BCUT2D eigenvalue weighted by Crippen LogP contribution is 2.34. The maximum absolute atomic E-state index is 13.6. The van der Waals surface area contributed by atoms with Crippen LogP contribution in [-0.2, 0) is 10.0 Å². The fourth-order valence-electron chi connectivity index (χ4n) is 3.06. The molecule has 0 aliphatic heterocycles. The van der Waals surface area contributed by atoms with Gasteiger partial charge in [0.05, 0.1) is 20.9 Å². The van der Waals surface area contributed by atoms with E-state index in [1.165, 1.54) is 42.5 Å². The highest BCUT2D eigenvalue weighted by molar-refractivity contribution is 7.89. The van der Waals surface area contributed by atoms with Gasteiger partial charge >= 0.3 is 0 Å². The fourth-order valence-corrected chi connectivity index (χ4v) is 3.75. The van der Waals surface area contributed by atoms with Crippen LogP contribution in [0, 0.1) is 5.82 Å². The third-order valence-corrected chi connectivity index (χ3v) is 5.67. The molecule has 2 N–H and O–H groups in total. The molecule has 0 aliphatic carbocycles. The minimum Gasteiger partial charge on any atom is -0.455 e. The summed E-state index contributed by atoms with van der Waals surface area (Å²) in [5, 5.41) is 5.37. The zero-order valence-electron chi connectivity index (χ0n) is 14.7. The summed E-state index contributed by atoms with van der Waals surface area (Å²) >= 11 is 5.92. The molecule has 146 valence electrons. The zero-order chi connectivity index (χ0) is 20.8. The Kier molecular flexibility index (Phi) is 4.74. The van der Waals surface area contributed by atoms with Gasteiger partial charge in [-0.1, -0.05) is 29.8 Å². The third-order valence-electron chi connectivity index (χ3n) is 4.45. The van der Waals surface area contributed by atoms with Crippen LogP contribution in [0.2, 0.25) is 5.02 Å². The Morgan fingerprint density at radius 3 is 2.24 bits per heavy atom. The van der Waals surface area contributed by atoms with Crippen LogP contribution in [0.1, 0.15) is 0 Å². The summed E-state index contributed by atoms with van der Waals surface area (Å²) in [6.45, 7) is 0. The van der Waals surface area contributed by atoms with E-state index in [1.54, 1.807) is 24.3 Å². The molecule has 4 aromatic rings. The van der Waals surface area contributed by atoms with E-state index in [0.717, 1.165) is 0 Å². The van der Waals surface area contributed by atoms with Gasteiger partial charge in [-0.05, 0) is 54.1 Å². The molecule has 3 aromatic carbocycles. The number of fused-ring (bicyclic) bond motifs is 1. The number of rotatable bonds is 3. The van der Waals surface area contributed by atoms with Gasteiger partial charge in [0.15, 0.2) is 0 Å². The highest BCUT2D eigenvalue weighted by Gasteiger charge is 2.19. The van der Waals surface area contributed by atoms with Crippen molar-refractivity contribution in [3.8, 4) is 22.5 Å². The molecule has 0 saturated carbocycles. The number of nitrogens with two attached hydrogens (primary N) is 1. The number of para-hydroxylation sites is 1. The van der Waals surface area contributed by atoms with Crippen LogP contribution < -0.4 is 10.6 Å². The van der Waals surface area contributed by atoms with E-state index in [4.69, 9.17) is 21.2 Å². The van der Waals surface area contributed by atoms with Gasteiger partial charge in [-0.3, -0.25) is 4.79 Å². The van der Waals surface area contributed by atoms with Crippen molar-refractivity contribution in [2.24, 2.45) is 5.14 Å². The molecule has 0 amide bonds. The molecular formula is C21H13ClFNO4S. The molecule has 0 atom stereocenters. The van der Waals surface area contributed by atoms with Gasteiger partial charge in [0.1, 0.15) is 17.2 Å². The molecule has 0 saturated heterocycles. The van der Waals surface area contributed by atoms with Crippen LogP contribution in [0.15, 0.2) is 80.8 Å². The summed E-state index contributed by atoms with van der Waals surface area (Å²) in [5.74, 6) is -0.406. The van der Waals surface area contributed by atoms with Crippen molar-refractivity contribution in [3.05, 3.63) is 87.8 Å². The molecular weight excluding hydrogens is 417 g/mol. The molecule has 0 radical (unpaired) electrons. The Morgan fingerprint density at radius 2 is 1.59 bits per heavy atom. The van der Waals surface area contributed by atoms with Crippen LogP contribution in [-0.4, -0.2) is 8.42 Å². The van der Waals surface area contributed by atoms with E-state index in [1.807, 2.05) is 0 Å². The minimum absolute atomic E-state index is 0.0734. The second-order valence-corrected chi connectivity index (χ2v) is 8.30. The van der Waals surface area contributed by atoms with Crippen LogP contribution >= 0.6 is 11.6 Å². The monoisotopic (exact) mass is 429 g/mol. The fraction of sp³-hybridized carbons (Fsp3) is 0. The lowest BCUT2D eigenvalue weighted by Gasteiger charge is -2.11. The molecule has 29 heavy (non-hydrogen) atoms. The minimum atomic E-state index is -3.87. The van der Waals surface area contributed by atoms with E-state index < -0.39 is 15.8 Å². The van der Waals surface area contributed by atoms with Crippen molar-refractivity contribution < 1.29 is 17.2 Å². The Morgan fingerprint density at radius 1 is 0.931 bits per heavy atom. The number of hydrogen-bond donors (Lipinski definition) is 1. The maximum Gasteiger partial charge on any atom is 0.238 e. The lowest BCUT2D eigenvalue weighted by Crippen LogP contribution is -2.12. The molecule has 0 bridgehead atoms. The SMILES string of the molecule is NS(=O)(=O)c1ccc(-c2oc3ccccc3c(=O)c2-c2ccc(F)c(Cl)c2)cc1.